The lowest BCUT2D eigenvalue weighted by Crippen LogP contribution is -2.29. The number of carbonyl (C=O) groups excluding carboxylic acids is 1. The highest BCUT2D eigenvalue weighted by atomic mass is 35.5. The van der Waals surface area contributed by atoms with Gasteiger partial charge in [0.15, 0.2) is 0 Å². The van der Waals surface area contributed by atoms with Gasteiger partial charge in [0, 0.05) is 18.6 Å². The molecule has 0 spiro atoms. The first-order valence-electron chi connectivity index (χ1n) is 5.87. The molecule has 0 saturated heterocycles. The lowest BCUT2D eigenvalue weighted by atomic mass is 10.2. The molecule has 0 aliphatic heterocycles. The van der Waals surface area contributed by atoms with E-state index in [0.717, 1.165) is 5.56 Å². The van der Waals surface area contributed by atoms with E-state index in [2.05, 4.69) is 0 Å². The van der Waals surface area contributed by atoms with Gasteiger partial charge in [-0.1, -0.05) is 41.9 Å². The van der Waals surface area contributed by atoms with Crippen molar-refractivity contribution in [1.82, 2.24) is 4.90 Å². The van der Waals surface area contributed by atoms with Crippen LogP contribution < -0.4 is 4.74 Å². The smallest absolute Gasteiger partial charge is 0.410 e. The predicted octanol–water partition coefficient (Wildman–Crippen LogP) is 3.97. The molecular formula is C15H14ClNO2. The average molecular weight is 276 g/mol. The van der Waals surface area contributed by atoms with Gasteiger partial charge in [-0.3, -0.25) is 0 Å². The molecule has 0 heterocycles. The summed E-state index contributed by atoms with van der Waals surface area (Å²) < 4.78 is 5.23. The van der Waals surface area contributed by atoms with Crippen LogP contribution in [0.4, 0.5) is 4.79 Å². The molecule has 98 valence electrons. The van der Waals surface area contributed by atoms with E-state index >= 15 is 0 Å². The zero-order valence-corrected chi connectivity index (χ0v) is 11.3. The molecule has 0 aliphatic rings. The Hall–Kier alpha value is -2.00. The van der Waals surface area contributed by atoms with Crippen molar-refractivity contribution in [3.05, 3.63) is 65.2 Å². The molecule has 2 aromatic carbocycles. The maximum absolute atomic E-state index is 11.9. The van der Waals surface area contributed by atoms with Gasteiger partial charge in [0.1, 0.15) is 5.75 Å². The Balaban J connectivity index is 1.94. The van der Waals surface area contributed by atoms with Crippen molar-refractivity contribution < 1.29 is 9.53 Å². The molecule has 0 fully saturated rings. The van der Waals surface area contributed by atoms with Gasteiger partial charge in [-0.15, -0.1) is 0 Å². The third kappa shape index (κ3) is 4.00. The number of para-hydroxylation sites is 1. The Morgan fingerprint density at radius 2 is 1.74 bits per heavy atom. The van der Waals surface area contributed by atoms with Crippen LogP contribution in [0, 0.1) is 0 Å². The summed E-state index contributed by atoms with van der Waals surface area (Å²) in [6.45, 7) is 0.475. The minimum absolute atomic E-state index is 0.388. The summed E-state index contributed by atoms with van der Waals surface area (Å²) in [4.78, 5) is 13.4. The van der Waals surface area contributed by atoms with E-state index in [1.807, 2.05) is 30.3 Å². The third-order valence-corrected chi connectivity index (χ3v) is 2.85. The molecule has 1 amide bonds. The highest BCUT2D eigenvalue weighted by molar-refractivity contribution is 6.30. The first-order chi connectivity index (χ1) is 9.15. The molecule has 0 aromatic heterocycles. The fourth-order valence-corrected chi connectivity index (χ4v) is 1.72. The summed E-state index contributed by atoms with van der Waals surface area (Å²) in [6, 6.07) is 16.4. The van der Waals surface area contributed by atoms with Crippen molar-refractivity contribution >= 4 is 17.7 Å². The molecule has 4 heteroatoms. The van der Waals surface area contributed by atoms with Crippen LogP contribution in [0.1, 0.15) is 5.56 Å². The second kappa shape index (κ2) is 6.25. The topological polar surface area (TPSA) is 29.5 Å². The fraction of sp³-hybridized carbons (Fsp3) is 0.133. The molecule has 2 aromatic rings. The maximum Gasteiger partial charge on any atom is 0.415 e. The van der Waals surface area contributed by atoms with E-state index in [4.69, 9.17) is 16.3 Å². The van der Waals surface area contributed by atoms with Gasteiger partial charge in [0.2, 0.25) is 0 Å². The van der Waals surface area contributed by atoms with Crippen LogP contribution in [0.15, 0.2) is 54.6 Å². The minimum atomic E-state index is -0.388. The number of nitrogens with zero attached hydrogens (tertiary/aromatic N) is 1. The zero-order valence-electron chi connectivity index (χ0n) is 10.5. The molecular weight excluding hydrogens is 262 g/mol. The van der Waals surface area contributed by atoms with E-state index < -0.39 is 0 Å². The van der Waals surface area contributed by atoms with Crippen LogP contribution in [0.3, 0.4) is 0 Å². The first kappa shape index (κ1) is 13.4. The molecule has 0 saturated carbocycles. The van der Waals surface area contributed by atoms with Crippen molar-refractivity contribution in [2.24, 2.45) is 0 Å². The number of carbonyl (C=O) groups is 1. The van der Waals surface area contributed by atoms with Gasteiger partial charge in [0.05, 0.1) is 0 Å². The zero-order chi connectivity index (χ0) is 13.7. The summed E-state index contributed by atoms with van der Waals surface area (Å²) in [7, 11) is 1.69. The van der Waals surface area contributed by atoms with E-state index in [1.54, 1.807) is 31.3 Å². The second-order valence-corrected chi connectivity index (χ2v) is 4.60. The van der Waals surface area contributed by atoms with Crippen molar-refractivity contribution in [2.45, 2.75) is 6.54 Å². The lowest BCUT2D eigenvalue weighted by Gasteiger charge is -2.16. The Bertz CT molecular complexity index is 540. The number of hydrogen-bond donors (Lipinski definition) is 0. The molecule has 0 unspecified atom stereocenters. The summed E-state index contributed by atoms with van der Waals surface area (Å²) in [5.41, 5.74) is 0.997. The van der Waals surface area contributed by atoms with Crippen LogP contribution in [-0.4, -0.2) is 18.0 Å². The summed E-state index contributed by atoms with van der Waals surface area (Å²) in [6.07, 6.45) is -0.388. The minimum Gasteiger partial charge on any atom is -0.410 e. The first-order valence-corrected chi connectivity index (χ1v) is 6.25. The van der Waals surface area contributed by atoms with Crippen LogP contribution >= 0.6 is 11.6 Å². The molecule has 0 atom stereocenters. The standard InChI is InChI=1S/C15H14ClNO2/c1-17(11-12-7-9-13(16)10-8-12)15(18)19-14-5-3-2-4-6-14/h2-10H,11H2,1H3. The van der Waals surface area contributed by atoms with Gasteiger partial charge in [0.25, 0.3) is 0 Å². The predicted molar refractivity (Wildman–Crippen MR) is 75.4 cm³/mol. The third-order valence-electron chi connectivity index (χ3n) is 2.59. The van der Waals surface area contributed by atoms with Crippen molar-refractivity contribution in [1.29, 1.82) is 0 Å². The largest absolute Gasteiger partial charge is 0.415 e. The highest BCUT2D eigenvalue weighted by Gasteiger charge is 2.11. The Morgan fingerprint density at radius 3 is 2.37 bits per heavy atom. The average Bonchev–Trinajstić information content (AvgIpc) is 2.42. The summed E-state index contributed by atoms with van der Waals surface area (Å²) in [5.74, 6) is 0.537. The van der Waals surface area contributed by atoms with Gasteiger partial charge >= 0.3 is 6.09 Å². The van der Waals surface area contributed by atoms with E-state index in [0.29, 0.717) is 17.3 Å². The van der Waals surface area contributed by atoms with Crippen LogP contribution in [0.2, 0.25) is 5.02 Å². The van der Waals surface area contributed by atoms with Gasteiger partial charge in [-0.2, -0.15) is 0 Å². The molecule has 0 bridgehead atoms. The molecule has 2 rings (SSSR count). The Morgan fingerprint density at radius 1 is 1.11 bits per heavy atom. The summed E-state index contributed by atoms with van der Waals surface area (Å²) >= 11 is 5.81. The number of hydrogen-bond acceptors (Lipinski definition) is 2. The number of rotatable bonds is 3. The maximum atomic E-state index is 11.9. The number of halogens is 1. The highest BCUT2D eigenvalue weighted by Crippen LogP contribution is 2.13. The van der Waals surface area contributed by atoms with Gasteiger partial charge in [-0.25, -0.2) is 4.79 Å². The molecule has 0 N–H and O–H groups in total. The van der Waals surface area contributed by atoms with Gasteiger partial charge in [-0.05, 0) is 29.8 Å². The fourth-order valence-electron chi connectivity index (χ4n) is 1.60. The van der Waals surface area contributed by atoms with Crippen molar-refractivity contribution in [3.63, 3.8) is 0 Å². The Kier molecular flexibility index (Phi) is 4.42. The number of benzene rings is 2. The van der Waals surface area contributed by atoms with E-state index in [9.17, 15) is 4.79 Å². The molecule has 0 aliphatic carbocycles. The van der Waals surface area contributed by atoms with E-state index in [-0.39, 0.29) is 6.09 Å². The van der Waals surface area contributed by atoms with Crippen molar-refractivity contribution in [2.75, 3.05) is 7.05 Å². The Labute approximate surface area is 117 Å². The van der Waals surface area contributed by atoms with Crippen molar-refractivity contribution in [3.8, 4) is 5.75 Å². The van der Waals surface area contributed by atoms with Gasteiger partial charge < -0.3 is 9.64 Å². The molecule has 0 radical (unpaired) electrons. The number of amides is 1. The monoisotopic (exact) mass is 275 g/mol. The quantitative estimate of drug-likeness (QED) is 0.848. The van der Waals surface area contributed by atoms with Crippen LogP contribution in [0.25, 0.3) is 0 Å². The SMILES string of the molecule is CN(Cc1ccc(Cl)cc1)C(=O)Oc1ccccc1. The van der Waals surface area contributed by atoms with Crippen LogP contribution in [-0.2, 0) is 6.54 Å². The molecule has 3 nitrogen and oxygen atoms in total. The van der Waals surface area contributed by atoms with E-state index in [1.165, 1.54) is 4.90 Å². The van der Waals surface area contributed by atoms with Crippen LogP contribution in [0.5, 0.6) is 5.75 Å². The lowest BCUT2D eigenvalue weighted by molar-refractivity contribution is 0.161. The normalized spacial score (nSPS) is 10.0. The molecule has 19 heavy (non-hydrogen) atoms. The second-order valence-electron chi connectivity index (χ2n) is 4.16. The number of ether oxygens (including phenoxy) is 1. The summed E-state index contributed by atoms with van der Waals surface area (Å²) in [5, 5.41) is 0.679.